The van der Waals surface area contributed by atoms with Gasteiger partial charge in [-0.25, -0.2) is 28.7 Å². The zero-order valence-electron chi connectivity index (χ0n) is 29.1. The minimum absolute atomic E-state index is 0.0487. The standard InChI is InChI=1S/C36H44FN5O7/c1-21-26(18-39-30-29(21)42(12-13-46-30)33(45)49-35(5,6)7)25-14-22-16-28(38-17-23(22)15-27(25)37)40-31(43)47-24-8-10-36(11-9-24)19-41(20-36)32(44)48-34(2,3)4/h14-18,24H,8-13,19-20H2,1-7H3,(H,38,40,43). The molecule has 2 fully saturated rings. The number of nitrogens with one attached hydrogen (secondary N) is 1. The molecular formula is C36H44FN5O7. The summed E-state index contributed by atoms with van der Waals surface area (Å²) in [5, 5.41) is 3.89. The zero-order chi connectivity index (χ0) is 35.3. The van der Waals surface area contributed by atoms with E-state index in [1.807, 2.05) is 20.8 Å². The van der Waals surface area contributed by atoms with E-state index >= 15 is 4.39 Å². The Bertz CT molecular complexity index is 1780. The predicted octanol–water partition coefficient (Wildman–Crippen LogP) is 7.61. The van der Waals surface area contributed by atoms with Gasteiger partial charge in [-0.05, 0) is 103 Å². The van der Waals surface area contributed by atoms with Gasteiger partial charge in [0.1, 0.15) is 41.2 Å². The van der Waals surface area contributed by atoms with Crippen LogP contribution in [-0.4, -0.2) is 76.7 Å². The highest BCUT2D eigenvalue weighted by Gasteiger charge is 2.48. The molecule has 4 heterocycles. The van der Waals surface area contributed by atoms with E-state index in [-0.39, 0.29) is 48.0 Å². The van der Waals surface area contributed by atoms with Crippen molar-refractivity contribution in [3.63, 3.8) is 0 Å². The average molecular weight is 678 g/mol. The summed E-state index contributed by atoms with van der Waals surface area (Å²) >= 11 is 0. The van der Waals surface area contributed by atoms with Crippen LogP contribution in [0.3, 0.4) is 0 Å². The number of anilines is 2. The van der Waals surface area contributed by atoms with E-state index in [0.717, 1.165) is 12.8 Å². The van der Waals surface area contributed by atoms with Gasteiger partial charge in [-0.3, -0.25) is 10.2 Å². The predicted molar refractivity (Wildman–Crippen MR) is 181 cm³/mol. The van der Waals surface area contributed by atoms with Crippen molar-refractivity contribution in [3.8, 4) is 17.0 Å². The highest BCUT2D eigenvalue weighted by Crippen LogP contribution is 2.45. The van der Waals surface area contributed by atoms with Gasteiger partial charge in [0, 0.05) is 47.4 Å². The number of hydrogen-bond donors (Lipinski definition) is 1. The lowest BCUT2D eigenvalue weighted by Gasteiger charge is -2.52. The number of fused-ring (bicyclic) bond motifs is 2. The summed E-state index contributed by atoms with van der Waals surface area (Å²) < 4.78 is 38.1. The average Bonchev–Trinajstić information content (AvgIpc) is 2.98. The molecule has 262 valence electrons. The number of halogens is 1. The third kappa shape index (κ3) is 7.50. The summed E-state index contributed by atoms with van der Waals surface area (Å²) in [6.07, 6.45) is 4.45. The van der Waals surface area contributed by atoms with Crippen LogP contribution < -0.4 is 15.0 Å². The summed E-state index contributed by atoms with van der Waals surface area (Å²) in [6.45, 7) is 14.5. The number of benzene rings is 1. The number of rotatable bonds is 3. The van der Waals surface area contributed by atoms with E-state index in [1.54, 1.807) is 44.7 Å². The number of carbonyl (C=O) groups is 3. The largest absolute Gasteiger partial charge is 0.474 e. The number of amides is 3. The molecule has 0 unspecified atom stereocenters. The molecule has 3 aliphatic rings. The van der Waals surface area contributed by atoms with Crippen molar-refractivity contribution < 1.29 is 37.7 Å². The molecule has 12 nitrogen and oxygen atoms in total. The Balaban J connectivity index is 1.12. The highest BCUT2D eigenvalue weighted by atomic mass is 19.1. The van der Waals surface area contributed by atoms with Gasteiger partial charge in [-0.2, -0.15) is 0 Å². The first-order valence-corrected chi connectivity index (χ1v) is 16.7. The van der Waals surface area contributed by atoms with Crippen LogP contribution >= 0.6 is 0 Å². The Morgan fingerprint density at radius 2 is 1.59 bits per heavy atom. The van der Waals surface area contributed by atoms with Gasteiger partial charge < -0.3 is 23.8 Å². The first-order valence-electron chi connectivity index (χ1n) is 16.7. The van der Waals surface area contributed by atoms with Crippen molar-refractivity contribution in [1.29, 1.82) is 0 Å². The van der Waals surface area contributed by atoms with Crippen LogP contribution in [0, 0.1) is 18.2 Å². The molecule has 0 radical (unpaired) electrons. The van der Waals surface area contributed by atoms with Crippen LogP contribution in [0.15, 0.2) is 30.6 Å². The fraction of sp³-hybridized carbons (Fsp3) is 0.528. The van der Waals surface area contributed by atoms with E-state index in [2.05, 4.69) is 15.3 Å². The molecule has 1 saturated carbocycles. The maximum absolute atomic E-state index is 15.6. The monoisotopic (exact) mass is 677 g/mol. The van der Waals surface area contributed by atoms with Crippen molar-refractivity contribution in [2.24, 2.45) is 5.41 Å². The summed E-state index contributed by atoms with van der Waals surface area (Å²) in [4.78, 5) is 50.2. The van der Waals surface area contributed by atoms with E-state index in [0.29, 0.717) is 53.5 Å². The van der Waals surface area contributed by atoms with E-state index in [1.165, 1.54) is 23.4 Å². The normalized spacial score (nSPS) is 17.6. The van der Waals surface area contributed by atoms with Gasteiger partial charge in [-0.1, -0.05) is 0 Å². The van der Waals surface area contributed by atoms with Crippen molar-refractivity contribution in [1.82, 2.24) is 14.9 Å². The number of nitrogens with zero attached hydrogens (tertiary/aromatic N) is 4. The number of carbonyl (C=O) groups excluding carboxylic acids is 3. The molecule has 49 heavy (non-hydrogen) atoms. The van der Waals surface area contributed by atoms with Crippen LogP contribution in [0.1, 0.15) is 72.8 Å². The first-order chi connectivity index (χ1) is 23.0. The molecule has 3 aromatic rings. The van der Waals surface area contributed by atoms with Gasteiger partial charge >= 0.3 is 18.3 Å². The molecule has 1 saturated heterocycles. The Morgan fingerprint density at radius 1 is 0.918 bits per heavy atom. The second-order valence-corrected chi connectivity index (χ2v) is 15.2. The summed E-state index contributed by atoms with van der Waals surface area (Å²) in [5.74, 6) is 0.0482. The molecule has 2 aliphatic heterocycles. The zero-order valence-corrected chi connectivity index (χ0v) is 29.1. The molecule has 1 aliphatic carbocycles. The van der Waals surface area contributed by atoms with Crippen LogP contribution in [-0.2, 0) is 14.2 Å². The van der Waals surface area contributed by atoms with Gasteiger partial charge in [-0.15, -0.1) is 0 Å². The Hall–Kier alpha value is -4.68. The SMILES string of the molecule is Cc1c(-c2cc3cc(NC(=O)OC4CCC5(CC4)CN(C(=O)OC(C)(C)C)C5)ncc3cc2F)cnc2c1N(C(=O)OC(C)(C)C)CCO2. The van der Waals surface area contributed by atoms with Crippen LogP contribution in [0.4, 0.5) is 30.3 Å². The highest BCUT2D eigenvalue weighted by molar-refractivity contribution is 5.95. The van der Waals surface area contributed by atoms with Crippen molar-refractivity contribution in [3.05, 3.63) is 42.0 Å². The van der Waals surface area contributed by atoms with Gasteiger partial charge in [0.25, 0.3) is 0 Å². The number of hydrogen-bond acceptors (Lipinski definition) is 9. The lowest BCUT2D eigenvalue weighted by Crippen LogP contribution is -2.60. The number of likely N-dealkylation sites (tertiary alicyclic amines) is 1. The molecule has 13 heteroatoms. The number of ether oxygens (including phenoxy) is 4. The molecule has 0 atom stereocenters. The van der Waals surface area contributed by atoms with E-state index in [4.69, 9.17) is 18.9 Å². The first kappa shape index (κ1) is 34.2. The minimum Gasteiger partial charge on any atom is -0.474 e. The fourth-order valence-corrected chi connectivity index (χ4v) is 6.69. The van der Waals surface area contributed by atoms with Crippen molar-refractivity contribution in [2.75, 3.05) is 36.5 Å². The molecular weight excluding hydrogens is 633 g/mol. The molecule has 1 aromatic carbocycles. The number of pyridine rings is 2. The molecule has 1 N–H and O–H groups in total. The molecule has 2 aromatic heterocycles. The van der Waals surface area contributed by atoms with Crippen LogP contribution in [0.5, 0.6) is 5.88 Å². The van der Waals surface area contributed by atoms with E-state index < -0.39 is 29.2 Å². The lowest BCUT2D eigenvalue weighted by atomic mass is 9.68. The van der Waals surface area contributed by atoms with E-state index in [9.17, 15) is 14.4 Å². The summed E-state index contributed by atoms with van der Waals surface area (Å²) in [6, 6.07) is 4.70. The van der Waals surface area contributed by atoms with Gasteiger partial charge in [0.15, 0.2) is 0 Å². The third-order valence-corrected chi connectivity index (χ3v) is 9.01. The summed E-state index contributed by atoms with van der Waals surface area (Å²) in [7, 11) is 0. The lowest BCUT2D eigenvalue weighted by molar-refractivity contribution is -0.0641. The minimum atomic E-state index is -0.701. The maximum Gasteiger partial charge on any atom is 0.415 e. The molecule has 0 bridgehead atoms. The summed E-state index contributed by atoms with van der Waals surface area (Å²) in [5.41, 5.74) is 0.617. The van der Waals surface area contributed by atoms with Crippen LogP contribution in [0.25, 0.3) is 21.9 Å². The topological polar surface area (TPSA) is 132 Å². The molecule has 6 rings (SSSR count). The number of aromatic nitrogens is 2. The Kier molecular flexibility index (Phi) is 8.83. The Morgan fingerprint density at radius 3 is 2.27 bits per heavy atom. The van der Waals surface area contributed by atoms with Crippen molar-refractivity contribution >= 4 is 40.6 Å². The second-order valence-electron chi connectivity index (χ2n) is 15.2. The molecule has 3 amide bonds. The van der Waals surface area contributed by atoms with Crippen LogP contribution in [0.2, 0.25) is 0 Å². The van der Waals surface area contributed by atoms with Gasteiger partial charge in [0.2, 0.25) is 5.88 Å². The Labute approximate surface area is 285 Å². The maximum atomic E-state index is 15.6. The smallest absolute Gasteiger partial charge is 0.415 e. The quantitative estimate of drug-likeness (QED) is 0.278. The van der Waals surface area contributed by atoms with Gasteiger partial charge in [0.05, 0.1) is 6.54 Å². The molecule has 1 spiro atoms. The van der Waals surface area contributed by atoms with Crippen molar-refractivity contribution in [2.45, 2.75) is 91.5 Å². The fourth-order valence-electron chi connectivity index (χ4n) is 6.69. The second kappa shape index (κ2) is 12.6. The third-order valence-electron chi connectivity index (χ3n) is 9.01.